The molecule has 0 spiro atoms. The molecule has 41 heavy (non-hydrogen) atoms. The number of allylic oxidation sites excluding steroid dienone is 1. The summed E-state index contributed by atoms with van der Waals surface area (Å²) < 4.78 is 25.4. The number of carbonyl (C=O) groups excluding carboxylic acids is 1. The van der Waals surface area contributed by atoms with Crippen molar-refractivity contribution in [2.45, 2.75) is 4.90 Å². The molecule has 0 aliphatic rings. The summed E-state index contributed by atoms with van der Waals surface area (Å²) >= 11 is 5.38. The number of anilines is 2. The molecule has 2 N–H and O–H groups in total. The molecule has 0 bridgehead atoms. The van der Waals surface area contributed by atoms with Gasteiger partial charge in [-0.3, -0.25) is 4.79 Å². The van der Waals surface area contributed by atoms with Crippen LogP contribution >= 0.6 is 12.2 Å². The van der Waals surface area contributed by atoms with Gasteiger partial charge in [0.05, 0.1) is 16.3 Å². The van der Waals surface area contributed by atoms with Crippen molar-refractivity contribution in [3.05, 3.63) is 133 Å². The molecule has 0 amide bonds. The zero-order valence-corrected chi connectivity index (χ0v) is 23.7. The first-order valence-electron chi connectivity index (χ1n) is 12.7. The number of ketones is 1. The predicted octanol–water partition coefficient (Wildman–Crippen LogP) is 6.65. The predicted molar refractivity (Wildman–Crippen MR) is 168 cm³/mol. The number of hydrogen-bond acceptors (Lipinski definition) is 5. The average molecular weight is 579 g/mol. The Morgan fingerprint density at radius 2 is 1.39 bits per heavy atom. The molecule has 0 atom stereocenters. The van der Waals surface area contributed by atoms with E-state index in [0.29, 0.717) is 22.1 Å². The molecule has 0 fully saturated rings. The van der Waals surface area contributed by atoms with Crippen LogP contribution in [0.15, 0.2) is 126 Å². The van der Waals surface area contributed by atoms with Gasteiger partial charge in [0, 0.05) is 40.5 Å². The molecule has 0 saturated heterocycles. The first-order chi connectivity index (χ1) is 19.8. The molecule has 0 radical (unpaired) electrons. The molecule has 0 aliphatic heterocycles. The summed E-state index contributed by atoms with van der Waals surface area (Å²) in [5.74, 6) is -0.161. The van der Waals surface area contributed by atoms with E-state index in [9.17, 15) is 13.2 Å². The summed E-state index contributed by atoms with van der Waals surface area (Å²) in [7, 11) is -3.31. The normalized spacial score (nSPS) is 11.3. The number of para-hydroxylation sites is 1. The van der Waals surface area contributed by atoms with Gasteiger partial charge in [-0.15, -0.1) is 0 Å². The SMILES string of the molecule is CS(=O)(=O)c1ccc(-n2cc(/C=C/C(=O)c3ccc(NC(=S)Nc4ccccc4)cc3)c(-c3ccccc3)n2)cc1. The first kappa shape index (κ1) is 27.7. The van der Waals surface area contributed by atoms with Gasteiger partial charge in [-0.25, -0.2) is 13.1 Å². The van der Waals surface area contributed by atoms with Crippen LogP contribution in [0.4, 0.5) is 11.4 Å². The Bertz CT molecular complexity index is 1810. The third-order valence-electron chi connectivity index (χ3n) is 6.19. The van der Waals surface area contributed by atoms with Gasteiger partial charge >= 0.3 is 0 Å². The number of hydrogen-bond donors (Lipinski definition) is 2. The second-order valence-electron chi connectivity index (χ2n) is 9.23. The van der Waals surface area contributed by atoms with Crippen LogP contribution in [0.3, 0.4) is 0 Å². The zero-order valence-electron chi connectivity index (χ0n) is 22.1. The highest BCUT2D eigenvalue weighted by molar-refractivity contribution is 7.90. The standard InChI is InChI=1S/C32H26N4O3S2/c1-41(38,39)29-19-17-28(18-20-29)36-22-25(31(35-36)24-8-4-2-5-9-24)14-21-30(37)23-12-15-27(16-13-23)34-32(40)33-26-10-6-3-7-11-26/h2-22H,1H3,(H2,33,34,40)/b21-14+. The number of rotatable bonds is 8. The van der Waals surface area contributed by atoms with Crippen LogP contribution in [-0.2, 0) is 9.84 Å². The van der Waals surface area contributed by atoms with Crippen molar-refractivity contribution in [2.24, 2.45) is 0 Å². The monoisotopic (exact) mass is 578 g/mol. The maximum absolute atomic E-state index is 13.0. The van der Waals surface area contributed by atoms with E-state index in [1.807, 2.05) is 66.9 Å². The lowest BCUT2D eigenvalue weighted by atomic mass is 10.1. The smallest absolute Gasteiger partial charge is 0.185 e. The lowest BCUT2D eigenvalue weighted by Gasteiger charge is -2.10. The average Bonchev–Trinajstić information content (AvgIpc) is 3.41. The number of nitrogens with zero attached hydrogens (tertiary/aromatic N) is 2. The minimum Gasteiger partial charge on any atom is -0.332 e. The molecular weight excluding hydrogens is 553 g/mol. The molecule has 204 valence electrons. The fourth-order valence-electron chi connectivity index (χ4n) is 4.10. The summed E-state index contributed by atoms with van der Waals surface area (Å²) in [5.41, 5.74) is 5.19. The van der Waals surface area contributed by atoms with Crippen LogP contribution in [0.1, 0.15) is 15.9 Å². The second-order valence-corrected chi connectivity index (χ2v) is 11.7. The van der Waals surface area contributed by atoms with E-state index < -0.39 is 9.84 Å². The third-order valence-corrected chi connectivity index (χ3v) is 7.52. The van der Waals surface area contributed by atoms with Gasteiger partial charge in [0.25, 0.3) is 0 Å². The van der Waals surface area contributed by atoms with Crippen molar-refractivity contribution in [1.29, 1.82) is 0 Å². The van der Waals surface area contributed by atoms with Gasteiger partial charge in [-0.05, 0) is 85.0 Å². The highest BCUT2D eigenvalue weighted by atomic mass is 32.2. The number of benzene rings is 4. The summed E-state index contributed by atoms with van der Waals surface area (Å²) in [6.07, 6.45) is 6.25. The lowest BCUT2D eigenvalue weighted by Crippen LogP contribution is -2.18. The number of aromatic nitrogens is 2. The van der Waals surface area contributed by atoms with Gasteiger partial charge in [0.1, 0.15) is 0 Å². The van der Waals surface area contributed by atoms with Crippen molar-refractivity contribution in [3.63, 3.8) is 0 Å². The summed E-state index contributed by atoms with van der Waals surface area (Å²) in [6.45, 7) is 0. The van der Waals surface area contributed by atoms with Crippen LogP contribution in [0.2, 0.25) is 0 Å². The topological polar surface area (TPSA) is 93.1 Å². The molecule has 5 aromatic rings. The van der Waals surface area contributed by atoms with Gasteiger partial charge in [0.2, 0.25) is 0 Å². The van der Waals surface area contributed by atoms with Crippen molar-refractivity contribution >= 4 is 50.4 Å². The van der Waals surface area contributed by atoms with Crippen LogP contribution in [0.25, 0.3) is 23.0 Å². The van der Waals surface area contributed by atoms with Crippen LogP contribution < -0.4 is 10.6 Å². The first-order valence-corrected chi connectivity index (χ1v) is 15.0. The van der Waals surface area contributed by atoms with Crippen molar-refractivity contribution in [3.8, 4) is 16.9 Å². The Morgan fingerprint density at radius 3 is 2.00 bits per heavy atom. The van der Waals surface area contributed by atoms with E-state index in [-0.39, 0.29) is 10.7 Å². The number of carbonyl (C=O) groups is 1. The van der Waals surface area contributed by atoms with Gasteiger partial charge in [0.15, 0.2) is 20.7 Å². The molecule has 0 saturated carbocycles. The molecule has 7 nitrogen and oxygen atoms in total. The van der Waals surface area contributed by atoms with Crippen molar-refractivity contribution < 1.29 is 13.2 Å². The van der Waals surface area contributed by atoms with Crippen LogP contribution in [0, 0.1) is 0 Å². The number of sulfone groups is 1. The Balaban J connectivity index is 1.34. The highest BCUT2D eigenvalue weighted by Crippen LogP contribution is 2.25. The largest absolute Gasteiger partial charge is 0.332 e. The quantitative estimate of drug-likeness (QED) is 0.121. The molecule has 0 unspecified atom stereocenters. The second kappa shape index (κ2) is 12.1. The Kier molecular flexibility index (Phi) is 8.19. The van der Waals surface area contributed by atoms with Crippen molar-refractivity contribution in [1.82, 2.24) is 9.78 Å². The van der Waals surface area contributed by atoms with E-state index >= 15 is 0 Å². The zero-order chi connectivity index (χ0) is 28.8. The van der Waals surface area contributed by atoms with E-state index in [0.717, 1.165) is 22.5 Å². The molecular formula is C32H26N4O3S2. The minimum atomic E-state index is -3.31. The van der Waals surface area contributed by atoms with Crippen LogP contribution in [-0.4, -0.2) is 35.3 Å². The van der Waals surface area contributed by atoms with Crippen LogP contribution in [0.5, 0.6) is 0 Å². The fraction of sp³-hybridized carbons (Fsp3) is 0.0312. The van der Waals surface area contributed by atoms with E-state index in [2.05, 4.69) is 10.6 Å². The summed E-state index contributed by atoms with van der Waals surface area (Å²) in [5, 5.41) is 11.4. The summed E-state index contributed by atoms with van der Waals surface area (Å²) in [4.78, 5) is 13.3. The number of nitrogens with one attached hydrogen (secondary N) is 2. The lowest BCUT2D eigenvalue weighted by molar-refractivity contribution is 0.104. The van der Waals surface area contributed by atoms with Gasteiger partial charge < -0.3 is 10.6 Å². The Morgan fingerprint density at radius 1 is 0.805 bits per heavy atom. The minimum absolute atomic E-state index is 0.161. The number of thiocarbonyl (C=S) groups is 1. The molecule has 5 rings (SSSR count). The Labute approximate surface area is 244 Å². The molecule has 4 aromatic carbocycles. The summed E-state index contributed by atoms with van der Waals surface area (Å²) in [6, 6.07) is 32.9. The maximum atomic E-state index is 13.0. The van der Waals surface area contributed by atoms with E-state index in [1.54, 1.807) is 59.3 Å². The molecule has 0 aliphatic carbocycles. The van der Waals surface area contributed by atoms with Gasteiger partial charge in [-0.2, -0.15) is 5.10 Å². The fourth-order valence-corrected chi connectivity index (χ4v) is 4.97. The van der Waals surface area contributed by atoms with Gasteiger partial charge in [-0.1, -0.05) is 48.5 Å². The Hall–Kier alpha value is -4.86. The van der Waals surface area contributed by atoms with E-state index in [1.165, 1.54) is 12.3 Å². The highest BCUT2D eigenvalue weighted by Gasteiger charge is 2.13. The molecule has 1 aromatic heterocycles. The van der Waals surface area contributed by atoms with Crippen molar-refractivity contribution in [2.75, 3.05) is 16.9 Å². The van der Waals surface area contributed by atoms with E-state index in [4.69, 9.17) is 17.3 Å². The maximum Gasteiger partial charge on any atom is 0.185 e. The molecule has 9 heteroatoms. The molecule has 1 heterocycles. The third kappa shape index (κ3) is 7.02.